The number of nitrogens with zero attached hydrogens (tertiary/aromatic N) is 2. The van der Waals surface area contributed by atoms with E-state index in [0.717, 1.165) is 12.5 Å². The number of rotatable bonds is 5. The van der Waals surface area contributed by atoms with Crippen molar-refractivity contribution < 1.29 is 13.9 Å². The van der Waals surface area contributed by atoms with Gasteiger partial charge in [0.05, 0.1) is 18.7 Å². The summed E-state index contributed by atoms with van der Waals surface area (Å²) < 4.78 is 19.6. The van der Waals surface area contributed by atoms with Crippen LogP contribution in [0, 0.1) is 12.7 Å². The SMILES string of the molecule is CN=C(NCCNC(=O)c1ccccc1F)N1CCOC(c2ccccc2C)C1.I. The number of nitrogens with one attached hydrogen (secondary N) is 2. The van der Waals surface area contributed by atoms with E-state index in [1.54, 1.807) is 19.2 Å². The predicted molar refractivity (Wildman–Crippen MR) is 127 cm³/mol. The molecule has 1 atom stereocenters. The van der Waals surface area contributed by atoms with Gasteiger partial charge in [0.2, 0.25) is 0 Å². The van der Waals surface area contributed by atoms with Crippen LogP contribution in [0.25, 0.3) is 0 Å². The van der Waals surface area contributed by atoms with Gasteiger partial charge in [0.25, 0.3) is 5.91 Å². The number of carbonyl (C=O) groups excluding carboxylic acids is 1. The highest BCUT2D eigenvalue weighted by atomic mass is 127. The highest BCUT2D eigenvalue weighted by Gasteiger charge is 2.25. The maximum Gasteiger partial charge on any atom is 0.254 e. The smallest absolute Gasteiger partial charge is 0.254 e. The lowest BCUT2D eigenvalue weighted by atomic mass is 10.0. The summed E-state index contributed by atoms with van der Waals surface area (Å²) in [6, 6.07) is 14.2. The molecule has 2 aromatic rings. The van der Waals surface area contributed by atoms with E-state index < -0.39 is 11.7 Å². The lowest BCUT2D eigenvalue weighted by Gasteiger charge is -2.35. The van der Waals surface area contributed by atoms with Crippen LogP contribution < -0.4 is 10.6 Å². The van der Waals surface area contributed by atoms with E-state index in [-0.39, 0.29) is 35.6 Å². The maximum absolute atomic E-state index is 13.7. The number of hydrogen-bond donors (Lipinski definition) is 2. The number of ether oxygens (including phenoxy) is 1. The first kappa shape index (κ1) is 24.1. The van der Waals surface area contributed by atoms with Crippen LogP contribution in [-0.4, -0.2) is 56.6 Å². The van der Waals surface area contributed by atoms with Gasteiger partial charge in [0, 0.05) is 26.7 Å². The third-order valence-corrected chi connectivity index (χ3v) is 4.93. The maximum atomic E-state index is 13.7. The van der Waals surface area contributed by atoms with Crippen LogP contribution in [0.1, 0.15) is 27.6 Å². The van der Waals surface area contributed by atoms with Crippen molar-refractivity contribution in [2.24, 2.45) is 4.99 Å². The first-order valence-corrected chi connectivity index (χ1v) is 9.75. The number of halogens is 2. The van der Waals surface area contributed by atoms with Crippen LogP contribution in [0.4, 0.5) is 4.39 Å². The molecule has 0 radical (unpaired) electrons. The fourth-order valence-corrected chi connectivity index (χ4v) is 3.40. The number of amides is 1. The molecule has 1 fully saturated rings. The third kappa shape index (κ3) is 6.15. The van der Waals surface area contributed by atoms with Crippen LogP contribution in [0.15, 0.2) is 53.5 Å². The second-order valence-electron chi connectivity index (χ2n) is 6.87. The van der Waals surface area contributed by atoms with Gasteiger partial charge in [-0.05, 0) is 30.2 Å². The number of hydrogen-bond acceptors (Lipinski definition) is 3. The largest absolute Gasteiger partial charge is 0.370 e. The molecule has 8 heteroatoms. The molecule has 30 heavy (non-hydrogen) atoms. The first-order chi connectivity index (χ1) is 14.1. The number of benzene rings is 2. The van der Waals surface area contributed by atoms with Gasteiger partial charge in [-0.15, -0.1) is 24.0 Å². The lowest BCUT2D eigenvalue weighted by molar-refractivity contribution is -0.00829. The van der Waals surface area contributed by atoms with Crippen molar-refractivity contribution in [3.63, 3.8) is 0 Å². The number of carbonyl (C=O) groups is 1. The summed E-state index contributed by atoms with van der Waals surface area (Å²) in [5, 5.41) is 5.98. The van der Waals surface area contributed by atoms with Gasteiger partial charge >= 0.3 is 0 Å². The quantitative estimate of drug-likeness (QED) is 0.272. The van der Waals surface area contributed by atoms with Gasteiger partial charge in [-0.25, -0.2) is 4.39 Å². The normalized spacial score (nSPS) is 16.6. The topological polar surface area (TPSA) is 66.0 Å². The van der Waals surface area contributed by atoms with Gasteiger partial charge in [-0.1, -0.05) is 36.4 Å². The summed E-state index contributed by atoms with van der Waals surface area (Å²) in [6.45, 7) is 4.99. The molecule has 3 rings (SSSR count). The molecule has 2 N–H and O–H groups in total. The number of aryl methyl sites for hydroxylation is 1. The molecule has 1 heterocycles. The van der Waals surface area contributed by atoms with Crippen molar-refractivity contribution in [2.45, 2.75) is 13.0 Å². The van der Waals surface area contributed by atoms with E-state index in [1.807, 2.05) is 12.1 Å². The van der Waals surface area contributed by atoms with Crippen LogP contribution in [0.2, 0.25) is 0 Å². The standard InChI is InChI=1S/C22H27FN4O2.HI/c1-16-7-3-4-8-17(16)20-15-27(13-14-29-20)22(24-2)26-12-11-25-21(28)18-9-5-6-10-19(18)23;/h3-10,20H,11-15H2,1-2H3,(H,24,26)(H,25,28);1H. The zero-order valence-electron chi connectivity index (χ0n) is 17.2. The van der Waals surface area contributed by atoms with E-state index in [2.05, 4.69) is 39.6 Å². The molecule has 1 amide bonds. The van der Waals surface area contributed by atoms with Crippen LogP contribution in [0.3, 0.4) is 0 Å². The highest BCUT2D eigenvalue weighted by Crippen LogP contribution is 2.24. The molecule has 1 aliphatic heterocycles. The van der Waals surface area contributed by atoms with Crippen LogP contribution >= 0.6 is 24.0 Å². The molecular formula is C22H28FIN4O2. The molecule has 1 saturated heterocycles. The molecule has 6 nitrogen and oxygen atoms in total. The van der Waals surface area contributed by atoms with E-state index in [1.165, 1.54) is 23.3 Å². The average Bonchev–Trinajstić information content (AvgIpc) is 2.74. The summed E-state index contributed by atoms with van der Waals surface area (Å²) >= 11 is 0. The third-order valence-electron chi connectivity index (χ3n) is 4.93. The zero-order valence-corrected chi connectivity index (χ0v) is 19.6. The van der Waals surface area contributed by atoms with Crippen molar-refractivity contribution in [2.75, 3.05) is 39.8 Å². The highest BCUT2D eigenvalue weighted by molar-refractivity contribution is 14.0. The van der Waals surface area contributed by atoms with Gasteiger partial charge in [0.1, 0.15) is 11.9 Å². The van der Waals surface area contributed by atoms with Crippen molar-refractivity contribution >= 4 is 35.8 Å². The number of aliphatic imine (C=N–C) groups is 1. The lowest BCUT2D eigenvalue weighted by Crippen LogP contribution is -2.49. The molecule has 1 aliphatic rings. The molecule has 0 saturated carbocycles. The summed E-state index contributed by atoms with van der Waals surface area (Å²) in [5.74, 6) is -0.192. The van der Waals surface area contributed by atoms with E-state index >= 15 is 0 Å². The Balaban J connectivity index is 0.00000320. The Bertz CT molecular complexity index is 878. The Morgan fingerprint density at radius 2 is 1.87 bits per heavy atom. The molecule has 0 spiro atoms. The molecule has 1 unspecified atom stereocenters. The van der Waals surface area contributed by atoms with Crippen LogP contribution in [0.5, 0.6) is 0 Å². The van der Waals surface area contributed by atoms with Crippen LogP contribution in [-0.2, 0) is 4.74 Å². The van der Waals surface area contributed by atoms with Gasteiger partial charge < -0.3 is 20.3 Å². The summed E-state index contributed by atoms with van der Waals surface area (Å²) in [7, 11) is 1.73. The number of guanidine groups is 1. The predicted octanol–water partition coefficient (Wildman–Crippen LogP) is 3.13. The van der Waals surface area contributed by atoms with Crippen molar-refractivity contribution in [3.8, 4) is 0 Å². The molecule has 0 aliphatic carbocycles. The monoisotopic (exact) mass is 526 g/mol. The Kier molecular flexibility index (Phi) is 9.51. The van der Waals surface area contributed by atoms with Gasteiger partial charge in [0.15, 0.2) is 5.96 Å². The Labute approximate surface area is 193 Å². The zero-order chi connectivity index (χ0) is 20.6. The minimum Gasteiger partial charge on any atom is -0.370 e. The van der Waals surface area contributed by atoms with Crippen molar-refractivity contribution in [1.29, 1.82) is 0 Å². The Hall–Kier alpha value is -2.20. The summed E-state index contributed by atoms with van der Waals surface area (Å²) in [6.07, 6.45) is -0.00995. The molecule has 162 valence electrons. The molecule has 2 aromatic carbocycles. The Morgan fingerprint density at radius 1 is 1.17 bits per heavy atom. The second-order valence-corrected chi connectivity index (χ2v) is 6.87. The van der Waals surface area contributed by atoms with Crippen molar-refractivity contribution in [3.05, 3.63) is 71.0 Å². The minimum atomic E-state index is -0.524. The fourth-order valence-electron chi connectivity index (χ4n) is 3.40. The first-order valence-electron chi connectivity index (χ1n) is 9.75. The van der Waals surface area contributed by atoms with E-state index in [4.69, 9.17) is 4.74 Å². The van der Waals surface area contributed by atoms with E-state index in [0.29, 0.717) is 26.2 Å². The molecular weight excluding hydrogens is 498 g/mol. The summed E-state index contributed by atoms with van der Waals surface area (Å²) in [5.41, 5.74) is 2.44. The van der Waals surface area contributed by atoms with Crippen molar-refractivity contribution in [1.82, 2.24) is 15.5 Å². The Morgan fingerprint density at radius 3 is 2.60 bits per heavy atom. The number of morpholine rings is 1. The molecule has 0 bridgehead atoms. The second kappa shape index (κ2) is 11.8. The molecule has 0 aromatic heterocycles. The summed E-state index contributed by atoms with van der Waals surface area (Å²) in [4.78, 5) is 18.6. The van der Waals surface area contributed by atoms with Gasteiger partial charge in [-0.3, -0.25) is 9.79 Å². The average molecular weight is 526 g/mol. The van der Waals surface area contributed by atoms with E-state index in [9.17, 15) is 9.18 Å². The fraction of sp³-hybridized carbons (Fsp3) is 0.364. The minimum absolute atomic E-state index is 0. The van der Waals surface area contributed by atoms with Gasteiger partial charge in [-0.2, -0.15) is 0 Å².